The van der Waals surface area contributed by atoms with Crippen LogP contribution in [0.2, 0.25) is 0 Å². The number of amides is 2. The maximum absolute atomic E-state index is 13.0. The Kier molecular flexibility index (Phi) is 5.10. The molecule has 0 unspecified atom stereocenters. The lowest BCUT2D eigenvalue weighted by Gasteiger charge is -2.33. The fourth-order valence-electron chi connectivity index (χ4n) is 4.02. The molecule has 0 radical (unpaired) electrons. The summed E-state index contributed by atoms with van der Waals surface area (Å²) in [6, 6.07) is 4.16. The minimum Gasteiger partial charge on any atom is -0.336 e. The molecule has 3 rings (SSSR count). The van der Waals surface area contributed by atoms with Gasteiger partial charge in [0.15, 0.2) is 0 Å². The van der Waals surface area contributed by atoms with Crippen LogP contribution in [0.5, 0.6) is 0 Å². The Bertz CT molecular complexity index is 826. The number of fused-ring (bicyclic) bond motifs is 1. The van der Waals surface area contributed by atoms with Gasteiger partial charge in [-0.3, -0.25) is 9.59 Å². The lowest BCUT2D eigenvalue weighted by atomic mass is 9.93. The second-order valence-corrected chi connectivity index (χ2v) is 9.08. The van der Waals surface area contributed by atoms with E-state index >= 15 is 0 Å². The van der Waals surface area contributed by atoms with Crippen LogP contribution >= 0.6 is 0 Å². The van der Waals surface area contributed by atoms with Gasteiger partial charge in [0.2, 0.25) is 0 Å². The molecular formula is C19H26N2O4S. The van der Waals surface area contributed by atoms with Gasteiger partial charge in [-0.05, 0) is 51.8 Å². The van der Waals surface area contributed by atoms with Crippen LogP contribution in [0.1, 0.15) is 73.6 Å². The van der Waals surface area contributed by atoms with Gasteiger partial charge in [-0.15, -0.1) is 0 Å². The van der Waals surface area contributed by atoms with Crippen LogP contribution in [0.4, 0.5) is 0 Å². The number of hydrogen-bond donors (Lipinski definition) is 0. The molecule has 6 nitrogen and oxygen atoms in total. The van der Waals surface area contributed by atoms with Crippen LogP contribution in [-0.4, -0.2) is 48.1 Å². The molecule has 0 N–H and O–H groups in total. The van der Waals surface area contributed by atoms with Crippen LogP contribution in [0.25, 0.3) is 0 Å². The third kappa shape index (κ3) is 3.02. The van der Waals surface area contributed by atoms with Crippen molar-refractivity contribution in [2.24, 2.45) is 0 Å². The first-order valence-electron chi connectivity index (χ1n) is 9.32. The van der Waals surface area contributed by atoms with E-state index in [2.05, 4.69) is 0 Å². The van der Waals surface area contributed by atoms with Crippen molar-refractivity contribution < 1.29 is 18.0 Å². The Balaban J connectivity index is 1.96. The first-order chi connectivity index (χ1) is 12.3. The smallest absolute Gasteiger partial charge is 0.269 e. The monoisotopic (exact) mass is 378 g/mol. The normalized spacial score (nSPS) is 19.7. The Morgan fingerprint density at radius 1 is 1.23 bits per heavy atom. The zero-order chi connectivity index (χ0) is 19.1. The molecule has 2 amide bonds. The number of hydrogen-bond acceptors (Lipinski definition) is 4. The predicted molar refractivity (Wildman–Crippen MR) is 98.5 cm³/mol. The lowest BCUT2D eigenvalue weighted by Crippen LogP contribution is -2.41. The van der Waals surface area contributed by atoms with Crippen molar-refractivity contribution >= 4 is 21.8 Å². The molecule has 1 aliphatic heterocycles. The second-order valence-electron chi connectivity index (χ2n) is 7.29. The van der Waals surface area contributed by atoms with Gasteiger partial charge in [0.05, 0.1) is 5.56 Å². The summed E-state index contributed by atoms with van der Waals surface area (Å²) in [5, 5.41) is 0. The molecule has 0 bridgehead atoms. The molecule has 26 heavy (non-hydrogen) atoms. The number of rotatable bonds is 4. The van der Waals surface area contributed by atoms with E-state index in [1.807, 2.05) is 11.8 Å². The van der Waals surface area contributed by atoms with E-state index in [1.165, 1.54) is 18.6 Å². The summed E-state index contributed by atoms with van der Waals surface area (Å²) >= 11 is 0. The van der Waals surface area contributed by atoms with Crippen LogP contribution in [0, 0.1) is 0 Å². The number of carbonyl (C=O) groups is 2. The standard InChI is InChI=1S/C19H26N2O4S/c1-4-20(15-8-6-5-7-9-15)18(22)14-10-11-16-17(12-14)26(24,25)21(13(2)3)19(16)23/h10-13,15H,4-9H2,1-3H3. The van der Waals surface area contributed by atoms with E-state index in [0.717, 1.165) is 30.0 Å². The third-order valence-electron chi connectivity index (χ3n) is 5.28. The average Bonchev–Trinajstić information content (AvgIpc) is 2.82. The van der Waals surface area contributed by atoms with E-state index in [0.29, 0.717) is 12.1 Å². The molecule has 7 heteroatoms. The first kappa shape index (κ1) is 18.9. The second kappa shape index (κ2) is 7.02. The molecule has 0 saturated heterocycles. The van der Waals surface area contributed by atoms with E-state index in [1.54, 1.807) is 19.9 Å². The lowest BCUT2D eigenvalue weighted by molar-refractivity contribution is 0.0647. The molecule has 1 aromatic carbocycles. The highest BCUT2D eigenvalue weighted by Gasteiger charge is 2.43. The Morgan fingerprint density at radius 2 is 1.88 bits per heavy atom. The molecule has 1 saturated carbocycles. The Hall–Kier alpha value is -1.89. The minimum absolute atomic E-state index is 0.0539. The molecule has 0 aromatic heterocycles. The van der Waals surface area contributed by atoms with Crippen molar-refractivity contribution in [3.63, 3.8) is 0 Å². The van der Waals surface area contributed by atoms with Crippen LogP contribution in [-0.2, 0) is 10.0 Å². The summed E-state index contributed by atoms with van der Waals surface area (Å²) in [5.74, 6) is -0.679. The summed E-state index contributed by atoms with van der Waals surface area (Å²) < 4.78 is 26.4. The molecule has 1 aliphatic carbocycles. The largest absolute Gasteiger partial charge is 0.336 e. The SMILES string of the molecule is CCN(C(=O)c1ccc2c(c1)S(=O)(=O)N(C(C)C)C2=O)C1CCCCC1. The van der Waals surface area contributed by atoms with Crippen molar-refractivity contribution in [1.82, 2.24) is 9.21 Å². The highest BCUT2D eigenvalue weighted by molar-refractivity contribution is 7.90. The number of sulfonamides is 1. The molecule has 0 spiro atoms. The summed E-state index contributed by atoms with van der Waals surface area (Å²) in [7, 11) is -3.90. The predicted octanol–water partition coefficient (Wildman–Crippen LogP) is 3.03. The summed E-state index contributed by atoms with van der Waals surface area (Å²) in [5.41, 5.74) is 0.481. The molecule has 2 aliphatic rings. The zero-order valence-corrected chi connectivity index (χ0v) is 16.4. The highest BCUT2D eigenvalue weighted by atomic mass is 32.2. The number of benzene rings is 1. The topological polar surface area (TPSA) is 74.8 Å². The maximum Gasteiger partial charge on any atom is 0.269 e. The third-order valence-corrected chi connectivity index (χ3v) is 7.28. The van der Waals surface area contributed by atoms with Gasteiger partial charge in [0.25, 0.3) is 21.8 Å². The molecule has 142 valence electrons. The van der Waals surface area contributed by atoms with Crippen LogP contribution in [0.3, 0.4) is 0 Å². The van der Waals surface area contributed by atoms with Crippen molar-refractivity contribution in [2.75, 3.05) is 6.54 Å². The van der Waals surface area contributed by atoms with Gasteiger partial charge < -0.3 is 4.90 Å². The molecule has 1 fully saturated rings. The summed E-state index contributed by atoms with van der Waals surface area (Å²) in [6.07, 6.45) is 5.41. The van der Waals surface area contributed by atoms with E-state index in [4.69, 9.17) is 0 Å². The van der Waals surface area contributed by atoms with Gasteiger partial charge in [0, 0.05) is 24.2 Å². The first-order valence-corrected chi connectivity index (χ1v) is 10.8. The van der Waals surface area contributed by atoms with Crippen LogP contribution in [0.15, 0.2) is 23.1 Å². The molecular weight excluding hydrogens is 352 g/mol. The van der Waals surface area contributed by atoms with Gasteiger partial charge in [-0.2, -0.15) is 0 Å². The Morgan fingerprint density at radius 3 is 2.46 bits per heavy atom. The minimum atomic E-state index is -3.90. The average molecular weight is 378 g/mol. The molecule has 0 atom stereocenters. The van der Waals surface area contributed by atoms with Crippen molar-refractivity contribution in [1.29, 1.82) is 0 Å². The van der Waals surface area contributed by atoms with Crippen molar-refractivity contribution in [3.8, 4) is 0 Å². The number of nitrogens with zero attached hydrogens (tertiary/aromatic N) is 2. The maximum atomic E-state index is 13.0. The van der Waals surface area contributed by atoms with E-state index in [9.17, 15) is 18.0 Å². The zero-order valence-electron chi connectivity index (χ0n) is 15.6. The van der Waals surface area contributed by atoms with Crippen molar-refractivity contribution in [2.45, 2.75) is 69.9 Å². The Labute approximate surface area is 155 Å². The molecule has 1 aromatic rings. The van der Waals surface area contributed by atoms with Crippen molar-refractivity contribution in [3.05, 3.63) is 29.3 Å². The highest BCUT2D eigenvalue weighted by Crippen LogP contribution is 2.33. The molecule has 1 heterocycles. The van der Waals surface area contributed by atoms with Crippen LogP contribution < -0.4 is 0 Å². The van der Waals surface area contributed by atoms with E-state index in [-0.39, 0.29) is 22.4 Å². The fourth-order valence-corrected chi connectivity index (χ4v) is 5.81. The van der Waals surface area contributed by atoms with Gasteiger partial charge >= 0.3 is 0 Å². The number of carbonyl (C=O) groups excluding carboxylic acids is 2. The van der Waals surface area contributed by atoms with E-state index < -0.39 is 22.0 Å². The fraction of sp³-hybridized carbons (Fsp3) is 0.579. The summed E-state index contributed by atoms with van der Waals surface area (Å²) in [6.45, 7) is 5.86. The summed E-state index contributed by atoms with van der Waals surface area (Å²) in [4.78, 5) is 27.2. The van der Waals surface area contributed by atoms with Gasteiger partial charge in [-0.25, -0.2) is 12.7 Å². The quantitative estimate of drug-likeness (QED) is 0.807. The van der Waals surface area contributed by atoms with Gasteiger partial charge in [0.1, 0.15) is 4.90 Å². The van der Waals surface area contributed by atoms with Gasteiger partial charge in [-0.1, -0.05) is 19.3 Å².